The van der Waals surface area contributed by atoms with Gasteiger partial charge in [0.25, 0.3) is 5.91 Å². The zero-order chi connectivity index (χ0) is 14.5. The van der Waals surface area contributed by atoms with Crippen LogP contribution >= 0.6 is 0 Å². The monoisotopic (exact) mass is 281 g/mol. The van der Waals surface area contributed by atoms with Crippen molar-refractivity contribution in [3.8, 4) is 5.75 Å². The van der Waals surface area contributed by atoms with Crippen molar-refractivity contribution in [3.05, 3.63) is 29.6 Å². The Labute approximate surface area is 118 Å². The molecule has 110 valence electrons. The van der Waals surface area contributed by atoms with Crippen molar-refractivity contribution >= 4 is 5.91 Å². The van der Waals surface area contributed by atoms with Crippen molar-refractivity contribution in [1.82, 2.24) is 4.90 Å². The molecule has 0 aliphatic carbocycles. The Morgan fingerprint density at radius 1 is 1.40 bits per heavy atom. The summed E-state index contributed by atoms with van der Waals surface area (Å²) in [5.41, 5.74) is 0.484. The van der Waals surface area contributed by atoms with Crippen LogP contribution in [0.25, 0.3) is 0 Å². The van der Waals surface area contributed by atoms with Crippen LogP contribution < -0.4 is 4.74 Å². The van der Waals surface area contributed by atoms with Crippen molar-refractivity contribution < 1.29 is 19.0 Å². The summed E-state index contributed by atoms with van der Waals surface area (Å²) in [4.78, 5) is 13.7. The van der Waals surface area contributed by atoms with E-state index in [0.717, 1.165) is 32.4 Å². The van der Waals surface area contributed by atoms with Crippen LogP contribution in [0.4, 0.5) is 4.39 Å². The molecule has 1 fully saturated rings. The van der Waals surface area contributed by atoms with Gasteiger partial charge in [0.2, 0.25) is 0 Å². The summed E-state index contributed by atoms with van der Waals surface area (Å²) >= 11 is 0. The van der Waals surface area contributed by atoms with Gasteiger partial charge in [-0.2, -0.15) is 0 Å². The largest absolute Gasteiger partial charge is 0.481 e. The van der Waals surface area contributed by atoms with Crippen molar-refractivity contribution in [1.29, 1.82) is 0 Å². The molecule has 0 radical (unpaired) electrons. The number of carbonyl (C=O) groups excluding carboxylic acids is 1. The van der Waals surface area contributed by atoms with Gasteiger partial charge in [-0.05, 0) is 43.9 Å². The summed E-state index contributed by atoms with van der Waals surface area (Å²) in [5.74, 6) is -0.627. The van der Waals surface area contributed by atoms with Crippen LogP contribution in [0.5, 0.6) is 5.75 Å². The number of aliphatic hydroxyl groups excluding tert-OH is 1. The molecule has 5 heteroatoms. The molecule has 0 bridgehead atoms. The lowest BCUT2D eigenvalue weighted by atomic mass is 10.1. The first-order chi connectivity index (χ1) is 9.58. The van der Waals surface area contributed by atoms with Crippen LogP contribution in [0.15, 0.2) is 18.2 Å². The minimum atomic E-state index is -0.728. The van der Waals surface area contributed by atoms with E-state index in [4.69, 9.17) is 4.74 Å². The highest BCUT2D eigenvalue weighted by molar-refractivity contribution is 5.77. The number of hydrogen-bond donors (Lipinski definition) is 1. The quantitative estimate of drug-likeness (QED) is 0.921. The number of likely N-dealkylation sites (tertiary alicyclic amines) is 1. The lowest BCUT2D eigenvalue weighted by Crippen LogP contribution is -2.38. The minimum Gasteiger partial charge on any atom is -0.481 e. The number of nitrogens with zero attached hydrogens (tertiary/aromatic N) is 1. The average molecular weight is 281 g/mol. The van der Waals surface area contributed by atoms with Crippen molar-refractivity contribution in [2.45, 2.75) is 32.3 Å². The first-order valence-corrected chi connectivity index (χ1v) is 6.96. The van der Waals surface area contributed by atoms with Crippen LogP contribution in [0.2, 0.25) is 0 Å². The Bertz CT molecular complexity index is 470. The second-order valence-electron chi connectivity index (χ2n) is 5.10. The number of amides is 1. The van der Waals surface area contributed by atoms with Gasteiger partial charge in [-0.1, -0.05) is 6.07 Å². The van der Waals surface area contributed by atoms with Crippen molar-refractivity contribution in [2.75, 3.05) is 19.7 Å². The normalized spacial score (nSPS) is 16.9. The van der Waals surface area contributed by atoms with E-state index in [1.54, 1.807) is 17.9 Å². The Hall–Kier alpha value is -1.62. The van der Waals surface area contributed by atoms with E-state index in [1.807, 2.05) is 0 Å². The first-order valence-electron chi connectivity index (χ1n) is 6.96. The van der Waals surface area contributed by atoms with Gasteiger partial charge in [-0.3, -0.25) is 4.79 Å². The molecule has 1 aliphatic rings. The molecular formula is C15H20FNO3. The van der Waals surface area contributed by atoms with Gasteiger partial charge >= 0.3 is 0 Å². The molecule has 0 saturated carbocycles. The number of hydrogen-bond acceptors (Lipinski definition) is 3. The predicted octanol–water partition coefficient (Wildman–Crippen LogP) is 2.27. The van der Waals surface area contributed by atoms with Crippen LogP contribution in [-0.4, -0.2) is 35.6 Å². The maximum atomic E-state index is 13.7. The minimum absolute atomic E-state index is 0.0414. The molecule has 1 atom stereocenters. The summed E-state index contributed by atoms with van der Waals surface area (Å²) < 4.78 is 19.0. The van der Waals surface area contributed by atoms with Gasteiger partial charge in [0, 0.05) is 13.1 Å². The Morgan fingerprint density at radius 2 is 2.10 bits per heavy atom. The second kappa shape index (κ2) is 6.70. The number of carbonyl (C=O) groups is 1. The fourth-order valence-electron chi connectivity index (χ4n) is 2.27. The van der Waals surface area contributed by atoms with Crippen LogP contribution in [-0.2, 0) is 4.79 Å². The molecule has 1 aromatic rings. The van der Waals surface area contributed by atoms with Gasteiger partial charge in [0.05, 0.1) is 6.10 Å². The molecule has 1 amide bonds. The molecular weight excluding hydrogens is 261 g/mol. The number of benzene rings is 1. The van der Waals surface area contributed by atoms with Crippen LogP contribution in [0, 0.1) is 5.82 Å². The number of rotatable bonds is 4. The van der Waals surface area contributed by atoms with E-state index >= 15 is 0 Å². The smallest absolute Gasteiger partial charge is 0.260 e. The second-order valence-corrected chi connectivity index (χ2v) is 5.10. The Morgan fingerprint density at radius 3 is 2.70 bits per heavy atom. The summed E-state index contributed by atoms with van der Waals surface area (Å²) in [6.45, 7) is 2.93. The van der Waals surface area contributed by atoms with Crippen molar-refractivity contribution in [3.63, 3.8) is 0 Å². The number of ether oxygens (including phenoxy) is 1. The topological polar surface area (TPSA) is 49.8 Å². The number of piperidine rings is 1. The Kier molecular flexibility index (Phi) is 4.95. The SMILES string of the molecule is C[C@@H](O)c1ccc(OCC(=O)N2CCCCC2)c(F)c1. The summed E-state index contributed by atoms with van der Waals surface area (Å²) in [7, 11) is 0. The van der Waals surface area contributed by atoms with E-state index < -0.39 is 11.9 Å². The molecule has 1 saturated heterocycles. The van der Waals surface area contributed by atoms with Crippen LogP contribution in [0.3, 0.4) is 0 Å². The van der Waals surface area contributed by atoms with E-state index in [-0.39, 0.29) is 18.3 Å². The van der Waals surface area contributed by atoms with Gasteiger partial charge in [-0.25, -0.2) is 4.39 Å². The van der Waals surface area contributed by atoms with E-state index in [0.29, 0.717) is 5.56 Å². The average Bonchev–Trinajstić information content (AvgIpc) is 2.46. The van der Waals surface area contributed by atoms with Gasteiger partial charge in [-0.15, -0.1) is 0 Å². The molecule has 0 unspecified atom stereocenters. The lowest BCUT2D eigenvalue weighted by molar-refractivity contribution is -0.134. The highest BCUT2D eigenvalue weighted by atomic mass is 19.1. The zero-order valence-electron chi connectivity index (χ0n) is 11.6. The molecule has 0 spiro atoms. The molecule has 0 aromatic heterocycles. The van der Waals surface area contributed by atoms with E-state index in [2.05, 4.69) is 0 Å². The predicted molar refractivity (Wildman–Crippen MR) is 73.0 cm³/mol. The van der Waals surface area contributed by atoms with E-state index in [9.17, 15) is 14.3 Å². The first kappa shape index (κ1) is 14.8. The fourth-order valence-corrected chi connectivity index (χ4v) is 2.27. The third-order valence-corrected chi connectivity index (χ3v) is 3.50. The number of aliphatic hydroxyl groups is 1. The molecule has 2 rings (SSSR count). The standard InChI is InChI=1S/C15H20FNO3/c1-11(18)12-5-6-14(13(16)9-12)20-10-15(19)17-7-3-2-4-8-17/h5-6,9,11,18H,2-4,7-8,10H2,1H3/t11-/m1/s1. The molecule has 1 aromatic carbocycles. The van der Waals surface area contributed by atoms with Gasteiger partial charge in [0.1, 0.15) is 0 Å². The van der Waals surface area contributed by atoms with Crippen LogP contribution in [0.1, 0.15) is 37.9 Å². The third kappa shape index (κ3) is 3.70. The maximum Gasteiger partial charge on any atom is 0.260 e. The summed E-state index contributed by atoms with van der Waals surface area (Å²) in [5, 5.41) is 9.36. The summed E-state index contributed by atoms with van der Waals surface area (Å²) in [6, 6.07) is 4.26. The maximum absolute atomic E-state index is 13.7. The fraction of sp³-hybridized carbons (Fsp3) is 0.533. The number of halogens is 1. The highest BCUT2D eigenvalue weighted by Gasteiger charge is 2.17. The summed E-state index contributed by atoms with van der Waals surface area (Å²) in [6.07, 6.45) is 2.46. The Balaban J connectivity index is 1.91. The van der Waals surface area contributed by atoms with Gasteiger partial charge in [0.15, 0.2) is 18.2 Å². The lowest BCUT2D eigenvalue weighted by Gasteiger charge is -2.26. The molecule has 1 N–H and O–H groups in total. The molecule has 20 heavy (non-hydrogen) atoms. The third-order valence-electron chi connectivity index (χ3n) is 3.50. The molecule has 4 nitrogen and oxygen atoms in total. The highest BCUT2D eigenvalue weighted by Crippen LogP contribution is 2.22. The molecule has 1 heterocycles. The van der Waals surface area contributed by atoms with Crippen molar-refractivity contribution in [2.24, 2.45) is 0 Å². The van der Waals surface area contributed by atoms with Gasteiger partial charge < -0.3 is 14.7 Å². The van der Waals surface area contributed by atoms with E-state index in [1.165, 1.54) is 12.1 Å². The zero-order valence-corrected chi connectivity index (χ0v) is 11.6. The molecule has 1 aliphatic heterocycles.